The molecule has 2 aromatic heterocycles. The number of urea groups is 1. The van der Waals surface area contributed by atoms with Crippen molar-refractivity contribution >= 4 is 41.6 Å². The smallest absolute Gasteiger partial charge is 0.373 e. The van der Waals surface area contributed by atoms with E-state index >= 15 is 0 Å². The summed E-state index contributed by atoms with van der Waals surface area (Å²) in [5, 5.41) is 11.9. The number of hydrogen-bond acceptors (Lipinski definition) is 7. The molecule has 1 fully saturated rings. The highest BCUT2D eigenvalue weighted by atomic mass is 35.5. The number of nitrogens with zero attached hydrogens (tertiary/aromatic N) is 1. The molecule has 10 nitrogen and oxygen atoms in total. The van der Waals surface area contributed by atoms with Crippen LogP contribution in [0.2, 0.25) is 5.02 Å². The second kappa shape index (κ2) is 8.67. The van der Waals surface area contributed by atoms with Crippen LogP contribution in [0.3, 0.4) is 0 Å². The second-order valence-corrected chi connectivity index (χ2v) is 7.25. The van der Waals surface area contributed by atoms with Gasteiger partial charge in [-0.2, -0.15) is 0 Å². The number of benzene rings is 1. The number of carbonyl (C=O) groups is 4. The van der Waals surface area contributed by atoms with Crippen molar-refractivity contribution in [2.75, 3.05) is 7.11 Å². The van der Waals surface area contributed by atoms with Gasteiger partial charge in [-0.3, -0.25) is 9.69 Å². The largest absolute Gasteiger partial charge is 0.478 e. The first kappa shape index (κ1) is 21.9. The predicted molar refractivity (Wildman–Crippen MR) is 113 cm³/mol. The molecule has 1 aliphatic heterocycles. The number of imide groups is 1. The Kier molecular flexibility index (Phi) is 5.76. The Morgan fingerprint density at radius 1 is 1.15 bits per heavy atom. The fraction of sp³-hybridized carbons (Fsp3) is 0.0909. The highest BCUT2D eigenvalue weighted by molar-refractivity contribution is 6.33. The fourth-order valence-corrected chi connectivity index (χ4v) is 3.32. The summed E-state index contributed by atoms with van der Waals surface area (Å²) in [7, 11) is 1.20. The summed E-state index contributed by atoms with van der Waals surface area (Å²) in [6.45, 7) is -0.194. The monoisotopic (exact) mass is 470 g/mol. The van der Waals surface area contributed by atoms with Crippen molar-refractivity contribution in [2.45, 2.75) is 6.54 Å². The maximum absolute atomic E-state index is 12.7. The van der Waals surface area contributed by atoms with E-state index in [-0.39, 0.29) is 45.9 Å². The van der Waals surface area contributed by atoms with Gasteiger partial charge in [-0.1, -0.05) is 11.6 Å². The number of halogens is 1. The third-order valence-corrected chi connectivity index (χ3v) is 5.05. The number of methoxy groups -OCH3 is 1. The first-order valence-corrected chi connectivity index (χ1v) is 9.79. The molecule has 0 unspecified atom stereocenters. The van der Waals surface area contributed by atoms with Gasteiger partial charge in [0, 0.05) is 11.6 Å². The molecule has 168 valence electrons. The van der Waals surface area contributed by atoms with Gasteiger partial charge in [0.05, 0.1) is 24.2 Å². The van der Waals surface area contributed by atoms with Crippen molar-refractivity contribution in [2.24, 2.45) is 0 Å². The van der Waals surface area contributed by atoms with Gasteiger partial charge in [0.2, 0.25) is 5.76 Å². The van der Waals surface area contributed by atoms with E-state index in [0.717, 1.165) is 4.90 Å². The van der Waals surface area contributed by atoms with Gasteiger partial charge in [0.15, 0.2) is 0 Å². The Morgan fingerprint density at radius 3 is 2.67 bits per heavy atom. The molecule has 0 spiro atoms. The number of amides is 3. The van der Waals surface area contributed by atoms with Crippen molar-refractivity contribution in [1.82, 2.24) is 10.2 Å². The summed E-state index contributed by atoms with van der Waals surface area (Å²) in [6, 6.07) is 9.46. The number of aromatic carboxylic acids is 1. The number of rotatable bonds is 6. The molecule has 0 radical (unpaired) electrons. The molecule has 0 bridgehead atoms. The van der Waals surface area contributed by atoms with Gasteiger partial charge >= 0.3 is 18.0 Å². The lowest BCUT2D eigenvalue weighted by Gasteiger charge is -2.09. The number of furan rings is 2. The molecule has 11 heteroatoms. The summed E-state index contributed by atoms with van der Waals surface area (Å²) in [6.07, 6.45) is 1.33. The van der Waals surface area contributed by atoms with Gasteiger partial charge in [-0.25, -0.2) is 14.4 Å². The predicted octanol–water partition coefficient (Wildman–Crippen LogP) is 3.77. The molecule has 1 aliphatic rings. The number of carboxylic acids is 1. The van der Waals surface area contributed by atoms with E-state index in [0.29, 0.717) is 5.56 Å². The summed E-state index contributed by atoms with van der Waals surface area (Å²) < 4.78 is 15.5. The number of carboxylic acid groups (broad SMARTS) is 1. The number of hydrogen-bond donors (Lipinski definition) is 2. The quantitative estimate of drug-likeness (QED) is 0.315. The minimum Gasteiger partial charge on any atom is -0.478 e. The molecule has 4 rings (SSSR count). The van der Waals surface area contributed by atoms with Crippen molar-refractivity contribution in [1.29, 1.82) is 0 Å². The number of nitrogens with one attached hydrogen (secondary N) is 1. The second-order valence-electron chi connectivity index (χ2n) is 6.84. The van der Waals surface area contributed by atoms with Crippen LogP contribution in [0.5, 0.6) is 0 Å². The fourth-order valence-electron chi connectivity index (χ4n) is 3.11. The molecule has 1 aromatic carbocycles. The number of carbonyl (C=O) groups excluding carboxylic acids is 3. The number of esters is 1. The Morgan fingerprint density at radius 2 is 1.94 bits per heavy atom. The number of ether oxygens (including phenoxy) is 1. The van der Waals surface area contributed by atoms with Crippen molar-refractivity contribution < 1.29 is 37.9 Å². The average molecular weight is 471 g/mol. The van der Waals surface area contributed by atoms with Crippen molar-refractivity contribution in [3.05, 3.63) is 76.0 Å². The Hall–Kier alpha value is -4.31. The van der Waals surface area contributed by atoms with Gasteiger partial charge < -0.3 is 24.0 Å². The minimum absolute atomic E-state index is 0.0351. The molecule has 3 aromatic rings. The zero-order chi connectivity index (χ0) is 23.7. The first-order valence-electron chi connectivity index (χ1n) is 9.41. The highest BCUT2D eigenvalue weighted by Crippen LogP contribution is 2.31. The standard InChI is InChI=1S/C22H15ClN2O8/c1-31-21(29)18-7-4-13(33-18)10-25-19(26)16(24-22(25)30)9-12-3-6-17(32-12)14-8-11(20(27)28)2-5-15(14)23/h2-9H,10H2,1H3,(H,24,30)(H,27,28). The van der Waals surface area contributed by atoms with Crippen LogP contribution >= 0.6 is 11.6 Å². The maximum Gasteiger partial charge on any atom is 0.373 e. The Labute approximate surface area is 191 Å². The Balaban J connectivity index is 1.53. The normalized spacial score (nSPS) is 14.6. The van der Waals surface area contributed by atoms with Gasteiger partial charge in [0.25, 0.3) is 5.91 Å². The summed E-state index contributed by atoms with van der Waals surface area (Å²) in [4.78, 5) is 48.6. The molecular weight excluding hydrogens is 456 g/mol. The average Bonchev–Trinajstić information content (AvgIpc) is 3.51. The van der Waals surface area contributed by atoms with Crippen LogP contribution in [0.15, 0.2) is 57.0 Å². The lowest BCUT2D eigenvalue weighted by Crippen LogP contribution is -2.30. The molecule has 1 saturated heterocycles. The molecule has 3 amide bonds. The van der Waals surface area contributed by atoms with Crippen LogP contribution in [0.4, 0.5) is 4.79 Å². The molecule has 33 heavy (non-hydrogen) atoms. The maximum atomic E-state index is 12.7. The zero-order valence-electron chi connectivity index (χ0n) is 17.0. The van der Waals surface area contributed by atoms with E-state index in [4.69, 9.17) is 20.4 Å². The van der Waals surface area contributed by atoms with E-state index in [1.807, 2.05) is 0 Å². The third kappa shape index (κ3) is 4.37. The van der Waals surface area contributed by atoms with E-state index in [2.05, 4.69) is 10.1 Å². The summed E-state index contributed by atoms with van der Waals surface area (Å²) in [5.41, 5.74) is 0.364. The van der Waals surface area contributed by atoms with Crippen molar-refractivity contribution in [3.63, 3.8) is 0 Å². The Bertz CT molecular complexity index is 1320. The zero-order valence-corrected chi connectivity index (χ0v) is 17.7. The lowest BCUT2D eigenvalue weighted by atomic mass is 10.1. The molecule has 0 atom stereocenters. The SMILES string of the molecule is COC(=O)c1ccc(CN2C(=O)NC(=Cc3ccc(-c4cc(C(=O)O)ccc4Cl)o3)C2=O)o1. The van der Waals surface area contributed by atoms with Gasteiger partial charge in [-0.15, -0.1) is 0 Å². The minimum atomic E-state index is -1.11. The van der Waals surface area contributed by atoms with Gasteiger partial charge in [-0.05, 0) is 42.5 Å². The van der Waals surface area contributed by atoms with Crippen LogP contribution in [0, 0.1) is 0 Å². The molecule has 0 aliphatic carbocycles. The van der Waals surface area contributed by atoms with Crippen LogP contribution in [-0.2, 0) is 16.1 Å². The van der Waals surface area contributed by atoms with E-state index in [1.165, 1.54) is 43.5 Å². The van der Waals surface area contributed by atoms with Crippen molar-refractivity contribution in [3.8, 4) is 11.3 Å². The van der Waals surface area contributed by atoms with Crippen LogP contribution in [0.25, 0.3) is 17.4 Å². The molecular formula is C22H15ClN2O8. The van der Waals surface area contributed by atoms with E-state index in [9.17, 15) is 24.3 Å². The van der Waals surface area contributed by atoms with Crippen LogP contribution in [-0.4, -0.2) is 41.0 Å². The van der Waals surface area contributed by atoms with Gasteiger partial charge in [0.1, 0.15) is 23.0 Å². The lowest BCUT2D eigenvalue weighted by molar-refractivity contribution is -0.123. The molecule has 3 heterocycles. The van der Waals surface area contributed by atoms with E-state index < -0.39 is 23.9 Å². The van der Waals surface area contributed by atoms with Crippen LogP contribution in [0.1, 0.15) is 32.4 Å². The first-order chi connectivity index (χ1) is 15.8. The third-order valence-electron chi connectivity index (χ3n) is 4.72. The summed E-state index contributed by atoms with van der Waals surface area (Å²) >= 11 is 6.16. The van der Waals surface area contributed by atoms with Crippen LogP contribution < -0.4 is 5.32 Å². The topological polar surface area (TPSA) is 139 Å². The highest BCUT2D eigenvalue weighted by Gasteiger charge is 2.34. The van der Waals surface area contributed by atoms with E-state index in [1.54, 1.807) is 12.1 Å². The molecule has 2 N–H and O–H groups in total. The molecule has 0 saturated carbocycles. The summed E-state index contributed by atoms with van der Waals surface area (Å²) in [5.74, 6) is -1.73.